The molecule has 12 rings (SSSR count). The third-order valence-electron chi connectivity index (χ3n) is 12.8. The van der Waals surface area contributed by atoms with Crippen LogP contribution in [0.1, 0.15) is 37.3 Å². The van der Waals surface area contributed by atoms with E-state index < -0.39 is 0 Å². The van der Waals surface area contributed by atoms with E-state index in [1.54, 1.807) is 0 Å². The number of benzene rings is 6. The van der Waals surface area contributed by atoms with Crippen LogP contribution in [0.2, 0.25) is 0 Å². The molecule has 286 valence electrons. The molecule has 3 unspecified atom stereocenters. The summed E-state index contributed by atoms with van der Waals surface area (Å²) in [6, 6.07) is 53.4. The minimum atomic E-state index is -0.276. The first-order valence-electron chi connectivity index (χ1n) is 20.9. The number of hydrogen-bond acceptors (Lipinski definition) is 3. The molecule has 0 amide bonds. The summed E-state index contributed by atoms with van der Waals surface area (Å²) in [7, 11) is 0. The molecule has 10 aromatic rings. The van der Waals surface area contributed by atoms with E-state index in [0.29, 0.717) is 16.4 Å². The Morgan fingerprint density at radius 1 is 0.424 bits per heavy atom. The second-order valence-corrected chi connectivity index (χ2v) is 17.7. The van der Waals surface area contributed by atoms with E-state index in [-0.39, 0.29) is 6.10 Å². The van der Waals surface area contributed by atoms with Crippen LogP contribution in [0, 0.1) is 0 Å². The van der Waals surface area contributed by atoms with Crippen molar-refractivity contribution in [1.82, 2.24) is 18.7 Å². The van der Waals surface area contributed by atoms with Gasteiger partial charge >= 0.3 is 0 Å². The van der Waals surface area contributed by atoms with Gasteiger partial charge < -0.3 is 18.8 Å². The summed E-state index contributed by atoms with van der Waals surface area (Å²) in [5.41, 5.74) is 11.6. The second kappa shape index (κ2) is 13.9. The topological polar surface area (TPSA) is 47.9 Å². The molecule has 4 heterocycles. The highest BCUT2D eigenvalue weighted by molar-refractivity contribution is 8.00. The lowest BCUT2D eigenvalue weighted by atomic mass is 9.92. The minimum Gasteiger partial charge on any atom is -0.389 e. The summed E-state index contributed by atoms with van der Waals surface area (Å²) in [6.45, 7) is 0. The zero-order chi connectivity index (χ0) is 39.0. The lowest BCUT2D eigenvalue weighted by molar-refractivity contribution is 0.205. The van der Waals surface area contributed by atoms with Gasteiger partial charge in [0.05, 0.1) is 51.1 Å². The van der Waals surface area contributed by atoms with Gasteiger partial charge in [0, 0.05) is 65.8 Å². The molecular formula is C53H42N4OS. The van der Waals surface area contributed by atoms with Crippen molar-refractivity contribution < 1.29 is 5.11 Å². The second-order valence-electron chi connectivity index (χ2n) is 16.2. The molecule has 0 radical (unpaired) electrons. The Bertz CT molecular complexity index is 3030. The van der Waals surface area contributed by atoms with Gasteiger partial charge in [0.15, 0.2) is 0 Å². The number of para-hydroxylation sites is 4. The lowest BCUT2D eigenvalue weighted by Gasteiger charge is -2.27. The molecule has 2 aliphatic carbocycles. The van der Waals surface area contributed by atoms with E-state index in [2.05, 4.69) is 184 Å². The molecule has 0 spiro atoms. The van der Waals surface area contributed by atoms with Gasteiger partial charge in [-0.1, -0.05) is 97.1 Å². The Morgan fingerprint density at radius 3 is 1.31 bits per heavy atom. The Balaban J connectivity index is 0.992. The third-order valence-corrected chi connectivity index (χ3v) is 14.3. The number of nitrogens with zero attached hydrogens (tertiary/aromatic N) is 4. The van der Waals surface area contributed by atoms with E-state index in [4.69, 9.17) is 4.98 Å². The zero-order valence-electron chi connectivity index (χ0n) is 32.5. The van der Waals surface area contributed by atoms with E-state index in [9.17, 15) is 5.11 Å². The number of allylic oxidation sites excluding steroid dienone is 1. The van der Waals surface area contributed by atoms with Crippen molar-refractivity contribution >= 4 is 77.2 Å². The molecule has 6 heteroatoms. The predicted octanol–water partition coefficient (Wildman–Crippen LogP) is 13.0. The number of aromatic nitrogens is 4. The molecule has 4 atom stereocenters. The average molecular weight is 783 g/mol. The fraction of sp³-hybridized carbons (Fsp3) is 0.151. The highest BCUT2D eigenvalue weighted by Gasteiger charge is 2.24. The maximum atomic E-state index is 9.88. The first-order valence-corrected chi connectivity index (χ1v) is 21.8. The Morgan fingerprint density at radius 2 is 0.864 bits per heavy atom. The Hall–Kier alpha value is -6.34. The van der Waals surface area contributed by atoms with E-state index in [1.165, 1.54) is 54.4 Å². The van der Waals surface area contributed by atoms with Gasteiger partial charge in [-0.2, -0.15) is 0 Å². The standard InChI is InChI=1S/C53H42N4OS/c58-38-22-26-40(27-23-38)59-39-24-17-34(18-25-39)47-28-19-37(33-54-47)57-52-29-20-35(55-48-13-5-1-9-41(48)42-10-2-6-14-49(42)55)31-45(52)46-32-36(21-30-53(46)57)56-50-15-7-3-11-43(50)44-12-4-8-16-51(44)56/h1-17,19-22,24,26,28-34,38-40,58H,18,23,25,27H2/t34?,38-,39?,40?/m0/s1. The summed E-state index contributed by atoms with van der Waals surface area (Å²) in [4.78, 5) is 5.15. The van der Waals surface area contributed by atoms with Gasteiger partial charge in [0.1, 0.15) is 0 Å². The van der Waals surface area contributed by atoms with Crippen LogP contribution in [0.4, 0.5) is 0 Å². The van der Waals surface area contributed by atoms with Crippen LogP contribution >= 0.6 is 11.8 Å². The van der Waals surface area contributed by atoms with E-state index in [0.717, 1.165) is 59.5 Å². The van der Waals surface area contributed by atoms with Crippen LogP contribution in [-0.4, -0.2) is 40.4 Å². The quantitative estimate of drug-likeness (QED) is 0.171. The Labute approximate surface area is 346 Å². The third kappa shape index (κ3) is 5.69. The van der Waals surface area contributed by atoms with Crippen LogP contribution in [0.5, 0.6) is 0 Å². The summed E-state index contributed by atoms with van der Waals surface area (Å²) >= 11 is 2.03. The number of aliphatic hydroxyl groups is 1. The smallest absolute Gasteiger partial charge is 0.0721 e. The molecule has 5 nitrogen and oxygen atoms in total. The van der Waals surface area contributed by atoms with Gasteiger partial charge in [-0.25, -0.2) is 0 Å². The highest BCUT2D eigenvalue weighted by Crippen LogP contribution is 2.40. The van der Waals surface area contributed by atoms with E-state index >= 15 is 0 Å². The summed E-state index contributed by atoms with van der Waals surface area (Å²) in [5, 5.41) is 18.3. The molecule has 59 heavy (non-hydrogen) atoms. The molecule has 1 N–H and O–H groups in total. The molecule has 0 aliphatic heterocycles. The predicted molar refractivity (Wildman–Crippen MR) is 248 cm³/mol. The van der Waals surface area contributed by atoms with Crippen LogP contribution in [0.3, 0.4) is 0 Å². The van der Waals surface area contributed by atoms with Gasteiger partial charge in [0.25, 0.3) is 0 Å². The number of hydrogen-bond donors (Lipinski definition) is 1. The van der Waals surface area contributed by atoms with Gasteiger partial charge in [-0.15, -0.1) is 11.8 Å². The molecule has 0 saturated heterocycles. The van der Waals surface area contributed by atoms with Gasteiger partial charge in [0.2, 0.25) is 0 Å². The van der Waals surface area contributed by atoms with Crippen molar-refractivity contribution in [2.45, 2.75) is 48.2 Å². The van der Waals surface area contributed by atoms with Crippen molar-refractivity contribution in [3.05, 3.63) is 182 Å². The van der Waals surface area contributed by atoms with Gasteiger partial charge in [-0.05, 0) is 98.5 Å². The van der Waals surface area contributed by atoms with Crippen molar-refractivity contribution in [3.8, 4) is 17.1 Å². The molecule has 4 aromatic heterocycles. The van der Waals surface area contributed by atoms with Crippen molar-refractivity contribution in [1.29, 1.82) is 0 Å². The number of rotatable bonds is 6. The first-order chi connectivity index (χ1) is 29.2. The van der Waals surface area contributed by atoms with Crippen LogP contribution < -0.4 is 0 Å². The molecule has 2 aliphatic rings. The molecule has 0 saturated carbocycles. The van der Waals surface area contributed by atoms with Crippen molar-refractivity contribution in [2.24, 2.45) is 0 Å². The largest absolute Gasteiger partial charge is 0.389 e. The summed E-state index contributed by atoms with van der Waals surface area (Å²) in [6.07, 6.45) is 14.9. The zero-order valence-corrected chi connectivity index (χ0v) is 33.3. The number of fused-ring (bicyclic) bond motifs is 9. The van der Waals surface area contributed by atoms with E-state index in [1.807, 2.05) is 17.8 Å². The minimum absolute atomic E-state index is 0.276. The van der Waals surface area contributed by atoms with Crippen LogP contribution in [0.15, 0.2) is 176 Å². The van der Waals surface area contributed by atoms with Crippen molar-refractivity contribution in [3.63, 3.8) is 0 Å². The fourth-order valence-corrected chi connectivity index (χ4v) is 11.3. The van der Waals surface area contributed by atoms with Crippen LogP contribution in [0.25, 0.3) is 82.5 Å². The SMILES string of the molecule is O[C@H]1C=CC(SC2C=CC(c3ccc(-n4c5ccc(-n6c7ccccc7c7ccccc76)cc5c5cc(-n6c7ccccc7c7ccccc76)ccc54)cn3)CC2)CC1. The lowest BCUT2D eigenvalue weighted by Crippen LogP contribution is -2.18. The number of pyridine rings is 1. The molecule has 6 aromatic carbocycles. The monoisotopic (exact) mass is 782 g/mol. The highest BCUT2D eigenvalue weighted by atomic mass is 32.2. The molecule has 0 bridgehead atoms. The maximum absolute atomic E-state index is 9.88. The normalized spacial score (nSPS) is 19.6. The Kier molecular flexibility index (Phi) is 8.17. The number of thioether (sulfide) groups is 1. The molecular weight excluding hydrogens is 741 g/mol. The van der Waals surface area contributed by atoms with Crippen LogP contribution in [-0.2, 0) is 0 Å². The first kappa shape index (κ1) is 34.7. The van der Waals surface area contributed by atoms with Crippen molar-refractivity contribution in [2.75, 3.05) is 0 Å². The summed E-state index contributed by atoms with van der Waals surface area (Å²) < 4.78 is 7.22. The fourth-order valence-electron chi connectivity index (χ4n) is 9.98. The number of aliphatic hydroxyl groups excluding tert-OH is 1. The maximum Gasteiger partial charge on any atom is 0.0721 e. The summed E-state index contributed by atoms with van der Waals surface area (Å²) in [5.74, 6) is 0.310. The molecule has 0 fully saturated rings. The average Bonchev–Trinajstić information content (AvgIpc) is 3.93. The van der Waals surface area contributed by atoms with Gasteiger partial charge in [-0.3, -0.25) is 4.98 Å².